The molecule has 0 radical (unpaired) electrons. The second-order valence-corrected chi connectivity index (χ2v) is 3.45. The third-order valence-electron chi connectivity index (χ3n) is 0.842. The van der Waals surface area contributed by atoms with Crippen molar-refractivity contribution in [1.29, 1.82) is 0 Å². The highest BCUT2D eigenvalue weighted by molar-refractivity contribution is 7.79. The van der Waals surface area contributed by atoms with E-state index in [2.05, 4.69) is 4.99 Å². The Morgan fingerprint density at radius 3 is 1.87 bits per heavy atom. The minimum atomic E-state index is -4.67. The van der Waals surface area contributed by atoms with Crippen molar-refractivity contribution in [2.75, 3.05) is 27.2 Å². The molecule has 0 saturated carbocycles. The fourth-order valence-electron chi connectivity index (χ4n) is 0.379. The molecule has 0 bridgehead atoms. The maximum Gasteiger partial charge on any atom is 0.394 e. The number of guanidine groups is 1. The second-order valence-electron chi connectivity index (χ2n) is 2.56. The topological polar surface area (TPSA) is 174 Å². The van der Waals surface area contributed by atoms with Crippen LogP contribution in [0.3, 0.4) is 0 Å². The first-order valence-corrected chi connectivity index (χ1v) is 4.92. The zero-order valence-corrected chi connectivity index (χ0v) is 9.40. The van der Waals surface area contributed by atoms with Gasteiger partial charge < -0.3 is 21.8 Å². The summed E-state index contributed by atoms with van der Waals surface area (Å²) in [6.45, 7) is 1.56. The summed E-state index contributed by atoms with van der Waals surface area (Å²) in [4.78, 5) is 5.82. The number of hydrogen-bond acceptors (Lipinski definition) is 4. The van der Waals surface area contributed by atoms with E-state index in [1.807, 2.05) is 19.0 Å². The molecule has 15 heavy (non-hydrogen) atoms. The molecule has 0 aromatic heterocycles. The molecule has 0 aliphatic heterocycles. The molecule has 0 aromatic carbocycles. The SMILES string of the molecule is CN(C)CCN=C(N)N.O.O=S(=O)(O)O. The monoisotopic (exact) mass is 246 g/mol. The number of aliphatic imine (C=N–C) groups is 1. The van der Waals surface area contributed by atoms with E-state index in [1.54, 1.807) is 0 Å². The van der Waals surface area contributed by atoms with Gasteiger partial charge in [0.1, 0.15) is 0 Å². The molecule has 10 heteroatoms. The Balaban J connectivity index is -0.000000208. The third-order valence-corrected chi connectivity index (χ3v) is 0.842. The van der Waals surface area contributed by atoms with Crippen LogP contribution in [0.2, 0.25) is 0 Å². The molecule has 0 fully saturated rings. The van der Waals surface area contributed by atoms with Crippen molar-refractivity contribution in [1.82, 2.24) is 4.90 Å². The van der Waals surface area contributed by atoms with Crippen LogP contribution < -0.4 is 11.5 Å². The summed E-state index contributed by atoms with van der Waals surface area (Å²) in [5.74, 6) is 0.164. The van der Waals surface area contributed by atoms with Crippen molar-refractivity contribution in [3.63, 3.8) is 0 Å². The largest absolute Gasteiger partial charge is 0.412 e. The normalized spacial score (nSPS) is 9.67. The van der Waals surface area contributed by atoms with Gasteiger partial charge in [0, 0.05) is 6.54 Å². The number of rotatable bonds is 3. The van der Waals surface area contributed by atoms with Crippen molar-refractivity contribution < 1.29 is 23.0 Å². The molecule has 0 atom stereocenters. The predicted octanol–water partition coefficient (Wildman–Crippen LogP) is -2.66. The lowest BCUT2D eigenvalue weighted by Crippen LogP contribution is -2.25. The summed E-state index contributed by atoms with van der Waals surface area (Å²) in [5.41, 5.74) is 10.2. The predicted molar refractivity (Wildman–Crippen MR) is 57.0 cm³/mol. The van der Waals surface area contributed by atoms with Gasteiger partial charge in [-0.2, -0.15) is 8.42 Å². The number of likely N-dealkylation sites (N-methyl/N-ethyl adjacent to an activating group) is 1. The Morgan fingerprint density at radius 2 is 1.67 bits per heavy atom. The van der Waals surface area contributed by atoms with E-state index in [4.69, 9.17) is 29.0 Å². The van der Waals surface area contributed by atoms with Crippen LogP contribution in [0.4, 0.5) is 0 Å². The van der Waals surface area contributed by atoms with Crippen molar-refractivity contribution in [3.8, 4) is 0 Å². The summed E-state index contributed by atoms with van der Waals surface area (Å²) in [7, 11) is -0.718. The van der Waals surface area contributed by atoms with Gasteiger partial charge in [-0.05, 0) is 14.1 Å². The van der Waals surface area contributed by atoms with Gasteiger partial charge in [0.2, 0.25) is 0 Å². The molecule has 0 amide bonds. The highest BCUT2D eigenvalue weighted by atomic mass is 32.3. The van der Waals surface area contributed by atoms with Crippen molar-refractivity contribution in [3.05, 3.63) is 0 Å². The quantitative estimate of drug-likeness (QED) is 0.239. The molecule has 0 heterocycles. The maximum absolute atomic E-state index is 8.74. The molecule has 94 valence electrons. The lowest BCUT2D eigenvalue weighted by atomic mass is 10.6. The highest BCUT2D eigenvalue weighted by Gasteiger charge is 1.86. The summed E-state index contributed by atoms with van der Waals surface area (Å²) >= 11 is 0. The fraction of sp³-hybridized carbons (Fsp3) is 0.800. The molecular weight excluding hydrogens is 228 g/mol. The van der Waals surface area contributed by atoms with Gasteiger partial charge in [-0.3, -0.25) is 14.1 Å². The lowest BCUT2D eigenvalue weighted by Gasteiger charge is -2.05. The van der Waals surface area contributed by atoms with E-state index >= 15 is 0 Å². The summed E-state index contributed by atoms with van der Waals surface area (Å²) < 4.78 is 31.6. The average Bonchev–Trinajstić information content (AvgIpc) is 1.80. The van der Waals surface area contributed by atoms with Crippen LogP contribution >= 0.6 is 0 Å². The van der Waals surface area contributed by atoms with E-state index in [-0.39, 0.29) is 11.4 Å². The van der Waals surface area contributed by atoms with Crippen LogP contribution in [0.5, 0.6) is 0 Å². The Morgan fingerprint density at radius 1 is 1.33 bits per heavy atom. The summed E-state index contributed by atoms with van der Waals surface area (Å²) in [5, 5.41) is 0. The van der Waals surface area contributed by atoms with Crippen LogP contribution in [0.25, 0.3) is 0 Å². The molecule has 9 nitrogen and oxygen atoms in total. The summed E-state index contributed by atoms with van der Waals surface area (Å²) in [6, 6.07) is 0. The second kappa shape index (κ2) is 9.61. The number of nitrogens with zero attached hydrogens (tertiary/aromatic N) is 2. The first-order chi connectivity index (χ1) is 6.13. The van der Waals surface area contributed by atoms with Crippen LogP contribution in [0.1, 0.15) is 0 Å². The van der Waals surface area contributed by atoms with Crippen LogP contribution in [0.15, 0.2) is 4.99 Å². The average molecular weight is 246 g/mol. The van der Waals surface area contributed by atoms with E-state index in [0.29, 0.717) is 6.54 Å². The minimum Gasteiger partial charge on any atom is -0.412 e. The number of hydrogen-bond donors (Lipinski definition) is 4. The molecule has 0 saturated heterocycles. The number of nitrogens with two attached hydrogens (primary N) is 2. The zero-order chi connectivity index (χ0) is 11.8. The lowest BCUT2D eigenvalue weighted by molar-refractivity contribution is 0.381. The Bertz CT molecular complexity index is 251. The minimum absolute atomic E-state index is 0. The van der Waals surface area contributed by atoms with Crippen molar-refractivity contribution in [2.24, 2.45) is 16.5 Å². The van der Waals surface area contributed by atoms with E-state index < -0.39 is 10.4 Å². The van der Waals surface area contributed by atoms with Gasteiger partial charge in [-0.1, -0.05) is 0 Å². The van der Waals surface area contributed by atoms with E-state index in [1.165, 1.54) is 0 Å². The molecule has 0 unspecified atom stereocenters. The molecule has 0 aliphatic carbocycles. The molecule has 0 aromatic rings. The molecule has 0 rings (SSSR count). The molecular formula is C5H18N4O5S. The summed E-state index contributed by atoms with van der Waals surface area (Å²) in [6.07, 6.45) is 0. The van der Waals surface area contributed by atoms with Gasteiger partial charge in [0.05, 0.1) is 6.54 Å². The standard InChI is InChI=1S/C5H14N4.H2O4S.H2O/c1-9(2)4-3-8-5(6)7;1-5(2,3)4;/h3-4H2,1-2H3,(H4,6,7,8);(H2,1,2,3,4);1H2. The smallest absolute Gasteiger partial charge is 0.394 e. The molecule has 8 N–H and O–H groups in total. The van der Waals surface area contributed by atoms with Gasteiger partial charge in [-0.25, -0.2) is 0 Å². The first kappa shape index (κ1) is 19.6. The van der Waals surface area contributed by atoms with E-state index in [9.17, 15) is 0 Å². The van der Waals surface area contributed by atoms with Crippen LogP contribution in [-0.4, -0.2) is 61.0 Å². The Labute approximate surface area is 88.7 Å². The van der Waals surface area contributed by atoms with Gasteiger partial charge in [0.25, 0.3) is 0 Å². The third kappa shape index (κ3) is 62.4. The van der Waals surface area contributed by atoms with Gasteiger partial charge >= 0.3 is 10.4 Å². The van der Waals surface area contributed by atoms with Crippen molar-refractivity contribution >= 4 is 16.4 Å². The van der Waals surface area contributed by atoms with E-state index in [0.717, 1.165) is 6.54 Å². The molecule has 0 aliphatic rings. The van der Waals surface area contributed by atoms with Crippen molar-refractivity contribution in [2.45, 2.75) is 0 Å². The zero-order valence-electron chi connectivity index (χ0n) is 8.58. The first-order valence-electron chi connectivity index (χ1n) is 3.53. The maximum atomic E-state index is 8.74. The molecule has 0 spiro atoms. The fourth-order valence-corrected chi connectivity index (χ4v) is 0.379. The Hall–Kier alpha value is -0.940. The van der Waals surface area contributed by atoms with Crippen LogP contribution in [-0.2, 0) is 10.4 Å². The van der Waals surface area contributed by atoms with Gasteiger partial charge in [0.15, 0.2) is 5.96 Å². The highest BCUT2D eigenvalue weighted by Crippen LogP contribution is 1.73. The van der Waals surface area contributed by atoms with Gasteiger partial charge in [-0.15, -0.1) is 0 Å². The Kier molecular flexibility index (Phi) is 12.6. The van der Waals surface area contributed by atoms with Crippen LogP contribution in [0, 0.1) is 0 Å².